The van der Waals surface area contributed by atoms with Crippen molar-refractivity contribution in [2.45, 2.75) is 32.6 Å². The molecule has 0 saturated carbocycles. The van der Waals surface area contributed by atoms with E-state index in [1.165, 1.54) is 6.08 Å². The molecule has 2 aliphatic heterocycles. The Bertz CT molecular complexity index is 994. The molecule has 0 unspecified atom stereocenters. The number of ether oxygens (including phenoxy) is 1. The summed E-state index contributed by atoms with van der Waals surface area (Å²) >= 11 is 6.57. The second-order valence-corrected chi connectivity index (χ2v) is 8.93. The van der Waals surface area contributed by atoms with E-state index in [1.54, 1.807) is 18.3 Å². The van der Waals surface area contributed by atoms with Gasteiger partial charge in [-0.1, -0.05) is 42.5 Å². The maximum absolute atomic E-state index is 13.3. The lowest BCUT2D eigenvalue weighted by atomic mass is 9.89. The van der Waals surface area contributed by atoms with Gasteiger partial charge >= 0.3 is 0 Å². The Labute approximate surface area is 206 Å². The first-order chi connectivity index (χ1) is 16.5. The quantitative estimate of drug-likeness (QED) is 0.316. The Morgan fingerprint density at radius 1 is 1.32 bits per heavy atom. The molecular weight excluding hydrogens is 455 g/mol. The Hall–Kier alpha value is -2.70. The SMILES string of the molecule is C=C/C=C(\C=C/CF)CC1CCN(C(=O)c2cc3c(cc2Cl)N(COCC)C=C(C=O)C3)CC1. The minimum atomic E-state index is -0.490. The highest BCUT2D eigenvalue weighted by Gasteiger charge is 2.27. The van der Waals surface area contributed by atoms with E-state index in [1.807, 2.05) is 34.9 Å². The number of carbonyl (C=O) groups is 2. The minimum absolute atomic E-state index is 0.0935. The number of nitrogens with zero attached hydrogens (tertiary/aromatic N) is 2. The highest BCUT2D eigenvalue weighted by Crippen LogP contribution is 2.35. The third kappa shape index (κ3) is 6.45. The average Bonchev–Trinajstić information content (AvgIpc) is 2.85. The van der Waals surface area contributed by atoms with Crippen LogP contribution in [0.3, 0.4) is 0 Å². The van der Waals surface area contributed by atoms with Gasteiger partial charge in [-0.05, 0) is 55.4 Å². The fourth-order valence-corrected chi connectivity index (χ4v) is 4.71. The lowest BCUT2D eigenvalue weighted by Crippen LogP contribution is -2.38. The number of hydrogen-bond acceptors (Lipinski definition) is 4. The van der Waals surface area contributed by atoms with E-state index in [4.69, 9.17) is 16.3 Å². The number of rotatable bonds is 10. The summed E-state index contributed by atoms with van der Waals surface area (Å²) in [6, 6.07) is 3.60. The molecule has 182 valence electrons. The fourth-order valence-electron chi connectivity index (χ4n) is 4.47. The Kier molecular flexibility index (Phi) is 9.66. The number of halogens is 2. The zero-order valence-corrected chi connectivity index (χ0v) is 20.4. The van der Waals surface area contributed by atoms with Crippen LogP contribution in [0.4, 0.5) is 10.1 Å². The predicted octanol–water partition coefficient (Wildman–Crippen LogP) is 5.66. The molecule has 0 aliphatic carbocycles. The topological polar surface area (TPSA) is 49.9 Å². The molecule has 1 saturated heterocycles. The van der Waals surface area contributed by atoms with Gasteiger partial charge in [-0.3, -0.25) is 9.59 Å². The molecule has 5 nitrogen and oxygen atoms in total. The summed E-state index contributed by atoms with van der Waals surface area (Å²) in [6.07, 6.45) is 12.6. The van der Waals surface area contributed by atoms with Crippen LogP contribution in [0.15, 0.2) is 60.4 Å². The number of amides is 1. The number of aldehydes is 1. The number of benzene rings is 1. The number of carbonyl (C=O) groups excluding carboxylic acids is 2. The van der Waals surface area contributed by atoms with Crippen LogP contribution in [-0.2, 0) is 16.0 Å². The smallest absolute Gasteiger partial charge is 0.255 e. The largest absolute Gasteiger partial charge is 0.361 e. The van der Waals surface area contributed by atoms with Crippen molar-refractivity contribution in [3.8, 4) is 0 Å². The molecule has 0 atom stereocenters. The molecule has 2 heterocycles. The standard InChI is InChI=1S/C27H32ClFN2O3/c1-3-6-20(7-5-10-29)13-21-8-11-30(12-9-21)27(33)24-15-23-14-22(18-32)17-31(19-34-4-2)26(23)16-25(24)28/h3,5-7,15-18,21H,1,4,8-14,19H2,2H3/b7-5-,20-6+. The second kappa shape index (κ2) is 12.7. The van der Waals surface area contributed by atoms with E-state index in [0.717, 1.165) is 42.4 Å². The van der Waals surface area contributed by atoms with Crippen molar-refractivity contribution < 1.29 is 18.7 Å². The van der Waals surface area contributed by atoms with Crippen LogP contribution in [0.5, 0.6) is 0 Å². The summed E-state index contributed by atoms with van der Waals surface area (Å²) in [4.78, 5) is 28.5. The number of likely N-dealkylation sites (tertiary alicyclic amines) is 1. The van der Waals surface area contributed by atoms with Crippen LogP contribution in [0, 0.1) is 5.92 Å². The monoisotopic (exact) mass is 486 g/mol. The molecule has 2 aliphatic rings. The van der Waals surface area contributed by atoms with E-state index in [9.17, 15) is 14.0 Å². The Morgan fingerprint density at radius 2 is 2.09 bits per heavy atom. The van der Waals surface area contributed by atoms with Crippen LogP contribution in [0.25, 0.3) is 0 Å². The van der Waals surface area contributed by atoms with Crippen molar-refractivity contribution in [3.05, 3.63) is 76.5 Å². The highest BCUT2D eigenvalue weighted by atomic mass is 35.5. The van der Waals surface area contributed by atoms with Crippen LogP contribution in [0.1, 0.15) is 42.1 Å². The van der Waals surface area contributed by atoms with Crippen molar-refractivity contribution in [3.63, 3.8) is 0 Å². The molecule has 0 N–H and O–H groups in total. The van der Waals surface area contributed by atoms with Gasteiger partial charge in [0.05, 0.1) is 10.6 Å². The van der Waals surface area contributed by atoms with Gasteiger partial charge < -0.3 is 14.5 Å². The van der Waals surface area contributed by atoms with E-state index < -0.39 is 6.67 Å². The number of anilines is 1. The number of piperidine rings is 1. The normalized spacial score (nSPS) is 17.0. The minimum Gasteiger partial charge on any atom is -0.361 e. The Balaban J connectivity index is 1.70. The summed E-state index contributed by atoms with van der Waals surface area (Å²) in [6.45, 7) is 7.29. The predicted molar refractivity (Wildman–Crippen MR) is 135 cm³/mol. The van der Waals surface area contributed by atoms with Gasteiger partial charge in [0.2, 0.25) is 0 Å². The zero-order valence-electron chi connectivity index (χ0n) is 19.6. The van der Waals surface area contributed by atoms with Gasteiger partial charge in [0.1, 0.15) is 19.7 Å². The molecule has 0 bridgehead atoms. The molecule has 0 radical (unpaired) electrons. The molecule has 34 heavy (non-hydrogen) atoms. The van der Waals surface area contributed by atoms with Crippen molar-refractivity contribution in [2.24, 2.45) is 5.92 Å². The third-order valence-electron chi connectivity index (χ3n) is 6.19. The third-order valence-corrected chi connectivity index (χ3v) is 6.50. The summed E-state index contributed by atoms with van der Waals surface area (Å²) in [5, 5.41) is 0.392. The number of fused-ring (bicyclic) bond motifs is 1. The number of allylic oxidation sites excluding steroid dienone is 6. The van der Waals surface area contributed by atoms with Crippen LogP contribution in [0.2, 0.25) is 5.02 Å². The van der Waals surface area contributed by atoms with Gasteiger partial charge in [-0.25, -0.2) is 4.39 Å². The van der Waals surface area contributed by atoms with Crippen LogP contribution < -0.4 is 4.90 Å². The second-order valence-electron chi connectivity index (χ2n) is 8.52. The molecule has 1 fully saturated rings. The first-order valence-electron chi connectivity index (χ1n) is 11.7. The molecule has 1 amide bonds. The first-order valence-corrected chi connectivity index (χ1v) is 12.0. The Morgan fingerprint density at radius 3 is 2.74 bits per heavy atom. The van der Waals surface area contributed by atoms with E-state index in [0.29, 0.717) is 54.9 Å². The van der Waals surface area contributed by atoms with E-state index >= 15 is 0 Å². The maximum Gasteiger partial charge on any atom is 0.255 e. The molecule has 1 aromatic rings. The van der Waals surface area contributed by atoms with Crippen molar-refractivity contribution in [1.29, 1.82) is 0 Å². The van der Waals surface area contributed by atoms with Crippen molar-refractivity contribution in [1.82, 2.24) is 4.90 Å². The molecule has 0 spiro atoms. The summed E-state index contributed by atoms with van der Waals surface area (Å²) in [7, 11) is 0. The van der Waals surface area contributed by atoms with Crippen LogP contribution >= 0.6 is 11.6 Å². The summed E-state index contributed by atoms with van der Waals surface area (Å²) in [5.41, 5.74) is 3.86. The van der Waals surface area contributed by atoms with Crippen molar-refractivity contribution >= 4 is 29.5 Å². The highest BCUT2D eigenvalue weighted by molar-refractivity contribution is 6.34. The van der Waals surface area contributed by atoms with Gasteiger partial charge in [0, 0.05) is 43.6 Å². The van der Waals surface area contributed by atoms with Crippen molar-refractivity contribution in [2.75, 3.05) is 38.0 Å². The average molecular weight is 487 g/mol. The first kappa shape index (κ1) is 25.9. The molecule has 3 rings (SSSR count). The van der Waals surface area contributed by atoms with Gasteiger partial charge in [0.25, 0.3) is 5.91 Å². The number of hydrogen-bond donors (Lipinski definition) is 0. The molecule has 1 aromatic carbocycles. The fraction of sp³-hybridized carbons (Fsp3) is 0.407. The maximum atomic E-state index is 13.3. The lowest BCUT2D eigenvalue weighted by Gasteiger charge is -2.33. The molecular formula is C27H32ClFN2O3. The van der Waals surface area contributed by atoms with E-state index in [2.05, 4.69) is 6.58 Å². The van der Waals surface area contributed by atoms with Gasteiger partial charge in [-0.2, -0.15) is 0 Å². The summed E-state index contributed by atoms with van der Waals surface area (Å²) in [5.74, 6) is 0.329. The summed E-state index contributed by atoms with van der Waals surface area (Å²) < 4.78 is 18.0. The molecule has 7 heteroatoms. The lowest BCUT2D eigenvalue weighted by molar-refractivity contribution is -0.105. The van der Waals surface area contributed by atoms with E-state index in [-0.39, 0.29) is 5.91 Å². The van der Waals surface area contributed by atoms with Gasteiger partial charge in [-0.15, -0.1) is 0 Å². The van der Waals surface area contributed by atoms with Gasteiger partial charge in [0.15, 0.2) is 0 Å². The van der Waals surface area contributed by atoms with Crippen LogP contribution in [-0.4, -0.2) is 50.2 Å². The molecule has 0 aromatic heterocycles. The number of alkyl halides is 1. The zero-order chi connectivity index (χ0) is 24.5.